The number of hydrogen-bond acceptors (Lipinski definition) is 10. The Balaban J connectivity index is 1.30. The first-order valence-electron chi connectivity index (χ1n) is 12.4. The van der Waals surface area contributed by atoms with Gasteiger partial charge in [0.2, 0.25) is 5.88 Å². The zero-order chi connectivity index (χ0) is 27.6. The molecule has 202 valence electrons. The van der Waals surface area contributed by atoms with Crippen LogP contribution < -0.4 is 14.4 Å². The second-order valence-electron chi connectivity index (χ2n) is 9.53. The molecule has 1 aliphatic heterocycles. The van der Waals surface area contributed by atoms with Gasteiger partial charge in [-0.15, -0.1) is 5.10 Å². The predicted molar refractivity (Wildman–Crippen MR) is 143 cm³/mol. The number of amides is 1. The highest BCUT2D eigenvalue weighted by Gasteiger charge is 2.39. The van der Waals surface area contributed by atoms with Gasteiger partial charge in [0.15, 0.2) is 0 Å². The maximum Gasteiger partial charge on any atom is 0.318 e. The second-order valence-corrected chi connectivity index (χ2v) is 9.53. The van der Waals surface area contributed by atoms with E-state index in [1.807, 2.05) is 43.3 Å². The van der Waals surface area contributed by atoms with E-state index in [2.05, 4.69) is 25.3 Å². The van der Waals surface area contributed by atoms with Gasteiger partial charge in [0, 0.05) is 37.1 Å². The number of anilines is 2. The number of methoxy groups -OCH3 is 2. The van der Waals surface area contributed by atoms with Gasteiger partial charge in [-0.25, -0.2) is 14.6 Å². The summed E-state index contributed by atoms with van der Waals surface area (Å²) in [5.74, 6) is 0.807. The van der Waals surface area contributed by atoms with Crippen molar-refractivity contribution >= 4 is 17.4 Å². The molecule has 1 aromatic carbocycles. The molecule has 3 aromatic heterocycles. The lowest BCUT2D eigenvalue weighted by atomic mass is 10.0. The summed E-state index contributed by atoms with van der Waals surface area (Å²) in [7, 11) is 4.95. The van der Waals surface area contributed by atoms with Crippen LogP contribution in [0.15, 0.2) is 54.9 Å². The van der Waals surface area contributed by atoms with E-state index < -0.39 is 5.60 Å². The van der Waals surface area contributed by atoms with Crippen LogP contribution in [-0.2, 0) is 6.54 Å². The van der Waals surface area contributed by atoms with Crippen LogP contribution in [0.5, 0.6) is 11.9 Å². The number of pyridine rings is 1. The Bertz CT molecular complexity index is 1490. The van der Waals surface area contributed by atoms with Gasteiger partial charge >= 0.3 is 6.01 Å². The molecule has 1 saturated heterocycles. The standard InChI is InChI=1S/C27H30N8O4/c1-18-8-9-19(33(2)23-10-12-28-26(30-23)39-4)14-20(18)22-15-35(32-31-22)17-27(37)11-13-34(16-27)25(36)21-6-5-7-24(29-21)38-3/h5-10,12,14-15,37H,11,13,16-17H2,1-4H3. The van der Waals surface area contributed by atoms with Crippen molar-refractivity contribution in [2.45, 2.75) is 25.5 Å². The number of aliphatic hydroxyl groups is 1. The zero-order valence-electron chi connectivity index (χ0n) is 22.3. The number of benzene rings is 1. The molecule has 12 nitrogen and oxygen atoms in total. The molecule has 0 bridgehead atoms. The lowest BCUT2D eigenvalue weighted by Crippen LogP contribution is -2.39. The van der Waals surface area contributed by atoms with E-state index >= 15 is 0 Å². The number of aryl methyl sites for hydroxylation is 1. The topological polar surface area (TPSA) is 132 Å². The molecule has 0 spiro atoms. The van der Waals surface area contributed by atoms with Gasteiger partial charge in [-0.2, -0.15) is 4.98 Å². The third kappa shape index (κ3) is 5.50. The fraction of sp³-hybridized carbons (Fsp3) is 0.333. The first kappa shape index (κ1) is 26.0. The first-order chi connectivity index (χ1) is 18.8. The van der Waals surface area contributed by atoms with Gasteiger partial charge in [0.1, 0.15) is 22.8 Å². The highest BCUT2D eigenvalue weighted by Crippen LogP contribution is 2.30. The van der Waals surface area contributed by atoms with E-state index in [4.69, 9.17) is 9.47 Å². The van der Waals surface area contributed by atoms with Crippen molar-refractivity contribution < 1.29 is 19.4 Å². The van der Waals surface area contributed by atoms with E-state index in [0.717, 1.165) is 16.8 Å². The summed E-state index contributed by atoms with van der Waals surface area (Å²) in [6.45, 7) is 2.79. The number of nitrogens with zero attached hydrogens (tertiary/aromatic N) is 8. The summed E-state index contributed by atoms with van der Waals surface area (Å²) in [4.78, 5) is 29.2. The molecule has 12 heteroatoms. The van der Waals surface area contributed by atoms with Crippen molar-refractivity contribution in [2.24, 2.45) is 0 Å². The Hall–Kier alpha value is -4.58. The highest BCUT2D eigenvalue weighted by atomic mass is 16.5. The molecule has 1 fully saturated rings. The summed E-state index contributed by atoms with van der Waals surface area (Å²) in [5.41, 5.74) is 2.66. The molecule has 1 amide bonds. The number of rotatable bonds is 8. The van der Waals surface area contributed by atoms with Crippen molar-refractivity contribution in [3.8, 4) is 23.1 Å². The van der Waals surface area contributed by atoms with Crippen LogP contribution in [0, 0.1) is 6.92 Å². The van der Waals surface area contributed by atoms with E-state index in [9.17, 15) is 9.90 Å². The Labute approximate surface area is 225 Å². The maximum atomic E-state index is 13.0. The monoisotopic (exact) mass is 530 g/mol. The van der Waals surface area contributed by atoms with Gasteiger partial charge in [-0.05, 0) is 43.2 Å². The molecular weight excluding hydrogens is 500 g/mol. The lowest BCUT2D eigenvalue weighted by molar-refractivity contribution is 0.0265. The third-order valence-corrected chi connectivity index (χ3v) is 6.80. The normalized spacial score (nSPS) is 16.8. The summed E-state index contributed by atoms with van der Waals surface area (Å²) in [6, 6.07) is 13.2. The Kier molecular flexibility index (Phi) is 7.11. The fourth-order valence-corrected chi connectivity index (χ4v) is 4.61. The van der Waals surface area contributed by atoms with Gasteiger partial charge in [-0.1, -0.05) is 17.3 Å². The smallest absolute Gasteiger partial charge is 0.318 e. The van der Waals surface area contributed by atoms with Crippen LogP contribution in [0.1, 0.15) is 22.5 Å². The summed E-state index contributed by atoms with van der Waals surface area (Å²) >= 11 is 0. The molecule has 0 aliphatic carbocycles. The number of aromatic nitrogens is 6. The average molecular weight is 531 g/mol. The van der Waals surface area contributed by atoms with Crippen LogP contribution in [0.25, 0.3) is 11.3 Å². The number of hydrogen-bond donors (Lipinski definition) is 1. The predicted octanol–water partition coefficient (Wildman–Crippen LogP) is 2.50. The zero-order valence-corrected chi connectivity index (χ0v) is 22.3. The van der Waals surface area contributed by atoms with Crippen molar-refractivity contribution in [3.63, 3.8) is 0 Å². The lowest BCUT2D eigenvalue weighted by Gasteiger charge is -2.23. The molecule has 1 unspecified atom stereocenters. The van der Waals surface area contributed by atoms with E-state index in [1.54, 1.807) is 40.0 Å². The first-order valence-corrected chi connectivity index (χ1v) is 12.4. The summed E-state index contributed by atoms with van der Waals surface area (Å²) < 4.78 is 11.9. The van der Waals surface area contributed by atoms with Gasteiger partial charge in [0.05, 0.1) is 33.5 Å². The molecule has 1 aliphatic rings. The fourth-order valence-electron chi connectivity index (χ4n) is 4.61. The van der Waals surface area contributed by atoms with Crippen molar-refractivity contribution in [2.75, 3.05) is 39.3 Å². The second kappa shape index (κ2) is 10.7. The molecule has 4 heterocycles. The summed E-state index contributed by atoms with van der Waals surface area (Å²) in [5, 5.41) is 19.9. The number of carbonyl (C=O) groups excluding carboxylic acids is 1. The van der Waals surface area contributed by atoms with E-state index in [0.29, 0.717) is 36.4 Å². The number of ether oxygens (including phenoxy) is 2. The minimum atomic E-state index is -1.14. The molecule has 1 N–H and O–H groups in total. The van der Waals surface area contributed by atoms with Crippen molar-refractivity contribution in [3.05, 3.63) is 66.1 Å². The maximum absolute atomic E-state index is 13.0. The molecule has 1 atom stereocenters. The van der Waals surface area contributed by atoms with Crippen molar-refractivity contribution in [1.82, 2.24) is 34.8 Å². The molecule has 39 heavy (non-hydrogen) atoms. The Morgan fingerprint density at radius 3 is 2.79 bits per heavy atom. The van der Waals surface area contributed by atoms with Crippen LogP contribution in [0.4, 0.5) is 11.5 Å². The number of likely N-dealkylation sites (tertiary alicyclic amines) is 1. The average Bonchev–Trinajstić information content (AvgIpc) is 3.59. The molecular formula is C27H30N8O4. The molecule has 0 radical (unpaired) electrons. The Morgan fingerprint density at radius 1 is 1.15 bits per heavy atom. The van der Waals surface area contributed by atoms with Crippen molar-refractivity contribution in [1.29, 1.82) is 0 Å². The SMILES string of the molecule is COc1cccc(C(=O)N2CCC(O)(Cn3cc(-c4cc(N(C)c5ccnc(OC)n5)ccc4C)nn3)C2)n1. The van der Waals surface area contributed by atoms with Gasteiger partial charge in [0.25, 0.3) is 5.91 Å². The number of β-amino-alcohol motifs (C(OH)–C–C–N with tert-alkyl or cyclic N) is 1. The van der Waals surface area contributed by atoms with Crippen LogP contribution >= 0.6 is 0 Å². The number of carbonyl (C=O) groups is 1. The van der Waals surface area contributed by atoms with E-state index in [1.165, 1.54) is 14.2 Å². The van der Waals surface area contributed by atoms with E-state index in [-0.39, 0.29) is 24.7 Å². The highest BCUT2D eigenvalue weighted by molar-refractivity contribution is 5.92. The Morgan fingerprint density at radius 2 is 2.00 bits per heavy atom. The molecule has 4 aromatic rings. The van der Waals surface area contributed by atoms with Crippen LogP contribution in [0.2, 0.25) is 0 Å². The van der Waals surface area contributed by atoms with Crippen LogP contribution in [0.3, 0.4) is 0 Å². The largest absolute Gasteiger partial charge is 0.481 e. The van der Waals surface area contributed by atoms with Gasteiger partial charge < -0.3 is 24.4 Å². The molecule has 0 saturated carbocycles. The van der Waals surface area contributed by atoms with Gasteiger partial charge in [-0.3, -0.25) is 4.79 Å². The third-order valence-electron chi connectivity index (χ3n) is 6.80. The van der Waals surface area contributed by atoms with Crippen LogP contribution in [-0.4, -0.2) is 85.8 Å². The summed E-state index contributed by atoms with van der Waals surface area (Å²) in [6.07, 6.45) is 3.87. The minimum Gasteiger partial charge on any atom is -0.481 e. The minimum absolute atomic E-state index is 0.168. The molecule has 5 rings (SSSR count). The quantitative estimate of drug-likeness (QED) is 0.362.